The first-order valence-electron chi connectivity index (χ1n) is 6.10. The minimum absolute atomic E-state index is 0.459. The highest BCUT2D eigenvalue weighted by Crippen LogP contribution is 2.22. The van der Waals surface area contributed by atoms with Gasteiger partial charge in [0.05, 0.1) is 6.10 Å². The molecule has 14 heavy (non-hydrogen) atoms. The molecule has 0 aromatic carbocycles. The van der Waals surface area contributed by atoms with Crippen molar-refractivity contribution in [2.75, 3.05) is 7.11 Å². The molecule has 1 saturated carbocycles. The molecule has 3 atom stereocenters. The Morgan fingerprint density at radius 2 is 2.14 bits per heavy atom. The van der Waals surface area contributed by atoms with Gasteiger partial charge < -0.3 is 10.1 Å². The van der Waals surface area contributed by atoms with E-state index in [1.807, 2.05) is 7.11 Å². The van der Waals surface area contributed by atoms with Crippen LogP contribution in [0.2, 0.25) is 0 Å². The zero-order chi connectivity index (χ0) is 10.4. The van der Waals surface area contributed by atoms with Gasteiger partial charge in [-0.25, -0.2) is 0 Å². The van der Waals surface area contributed by atoms with E-state index in [2.05, 4.69) is 19.2 Å². The summed E-state index contributed by atoms with van der Waals surface area (Å²) in [4.78, 5) is 0. The SMILES string of the molecule is CCCC(CC)NC1CCCC1OC. The van der Waals surface area contributed by atoms with Gasteiger partial charge in [-0.1, -0.05) is 20.3 Å². The molecule has 1 N–H and O–H groups in total. The lowest BCUT2D eigenvalue weighted by Gasteiger charge is -2.25. The molecular formula is C12H25NO. The minimum atomic E-state index is 0.459. The number of hydrogen-bond donors (Lipinski definition) is 1. The van der Waals surface area contributed by atoms with E-state index in [4.69, 9.17) is 4.74 Å². The molecule has 2 heteroatoms. The Hall–Kier alpha value is -0.0800. The number of methoxy groups -OCH3 is 1. The van der Waals surface area contributed by atoms with Crippen LogP contribution in [0.25, 0.3) is 0 Å². The standard InChI is InChI=1S/C12H25NO/c1-4-7-10(5-2)13-11-8-6-9-12(11)14-3/h10-13H,4-9H2,1-3H3. The molecule has 84 valence electrons. The lowest BCUT2D eigenvalue weighted by molar-refractivity contribution is 0.0805. The fraction of sp³-hybridized carbons (Fsp3) is 1.00. The maximum atomic E-state index is 5.48. The van der Waals surface area contributed by atoms with Crippen LogP contribution in [0.4, 0.5) is 0 Å². The summed E-state index contributed by atoms with van der Waals surface area (Å²) < 4.78 is 5.48. The maximum absolute atomic E-state index is 5.48. The van der Waals surface area contributed by atoms with E-state index in [9.17, 15) is 0 Å². The largest absolute Gasteiger partial charge is 0.380 e. The molecule has 0 radical (unpaired) electrons. The highest BCUT2D eigenvalue weighted by Gasteiger charge is 2.28. The zero-order valence-corrected chi connectivity index (χ0v) is 9.88. The van der Waals surface area contributed by atoms with E-state index >= 15 is 0 Å². The van der Waals surface area contributed by atoms with Gasteiger partial charge in [0.2, 0.25) is 0 Å². The van der Waals surface area contributed by atoms with Crippen molar-refractivity contribution in [1.82, 2.24) is 5.32 Å². The van der Waals surface area contributed by atoms with Gasteiger partial charge in [0, 0.05) is 19.2 Å². The average Bonchev–Trinajstić information content (AvgIpc) is 2.64. The zero-order valence-electron chi connectivity index (χ0n) is 9.88. The lowest BCUT2D eigenvalue weighted by atomic mass is 10.1. The van der Waals surface area contributed by atoms with Crippen molar-refractivity contribution in [3.63, 3.8) is 0 Å². The Balaban J connectivity index is 2.32. The number of ether oxygens (including phenoxy) is 1. The second kappa shape index (κ2) is 6.41. The molecule has 0 spiro atoms. The molecule has 2 nitrogen and oxygen atoms in total. The summed E-state index contributed by atoms with van der Waals surface area (Å²) in [6, 6.07) is 1.30. The van der Waals surface area contributed by atoms with Crippen LogP contribution in [-0.4, -0.2) is 25.3 Å². The van der Waals surface area contributed by atoms with Crippen LogP contribution in [0, 0.1) is 0 Å². The van der Waals surface area contributed by atoms with Crippen LogP contribution in [-0.2, 0) is 4.74 Å². The van der Waals surface area contributed by atoms with Gasteiger partial charge in [-0.2, -0.15) is 0 Å². The van der Waals surface area contributed by atoms with E-state index < -0.39 is 0 Å². The van der Waals surface area contributed by atoms with Gasteiger partial charge in [-0.3, -0.25) is 0 Å². The Morgan fingerprint density at radius 3 is 2.71 bits per heavy atom. The molecule has 0 saturated heterocycles. The Morgan fingerprint density at radius 1 is 1.36 bits per heavy atom. The van der Waals surface area contributed by atoms with Gasteiger partial charge in [0.15, 0.2) is 0 Å². The quantitative estimate of drug-likeness (QED) is 0.710. The summed E-state index contributed by atoms with van der Waals surface area (Å²) in [7, 11) is 1.84. The van der Waals surface area contributed by atoms with E-state index in [1.54, 1.807) is 0 Å². The molecule has 0 bridgehead atoms. The van der Waals surface area contributed by atoms with E-state index in [1.165, 1.54) is 38.5 Å². The van der Waals surface area contributed by atoms with E-state index in [0.717, 1.165) is 0 Å². The fourth-order valence-corrected chi connectivity index (χ4v) is 2.46. The minimum Gasteiger partial charge on any atom is -0.380 e. The first kappa shape index (κ1) is 12.0. The van der Waals surface area contributed by atoms with Crippen molar-refractivity contribution in [1.29, 1.82) is 0 Å². The van der Waals surface area contributed by atoms with Crippen LogP contribution < -0.4 is 5.32 Å². The maximum Gasteiger partial charge on any atom is 0.0724 e. The van der Waals surface area contributed by atoms with Crippen LogP contribution in [0.15, 0.2) is 0 Å². The van der Waals surface area contributed by atoms with E-state index in [0.29, 0.717) is 18.2 Å². The van der Waals surface area contributed by atoms with Gasteiger partial charge >= 0.3 is 0 Å². The summed E-state index contributed by atoms with van der Waals surface area (Å²) in [5.74, 6) is 0. The summed E-state index contributed by atoms with van der Waals surface area (Å²) >= 11 is 0. The Bertz CT molecular complexity index is 149. The molecule has 0 aromatic heterocycles. The van der Waals surface area contributed by atoms with Crippen LogP contribution in [0.1, 0.15) is 52.4 Å². The molecule has 0 aromatic rings. The highest BCUT2D eigenvalue weighted by atomic mass is 16.5. The van der Waals surface area contributed by atoms with Gasteiger partial charge in [-0.15, -0.1) is 0 Å². The summed E-state index contributed by atoms with van der Waals surface area (Å²) in [5, 5.41) is 3.74. The highest BCUT2D eigenvalue weighted by molar-refractivity contribution is 4.86. The first-order chi connectivity index (χ1) is 6.81. The predicted molar refractivity (Wildman–Crippen MR) is 60.6 cm³/mol. The third-order valence-electron chi connectivity index (χ3n) is 3.34. The second-order valence-corrected chi connectivity index (χ2v) is 4.37. The molecule has 0 heterocycles. The molecule has 0 amide bonds. The van der Waals surface area contributed by atoms with Crippen LogP contribution >= 0.6 is 0 Å². The fourth-order valence-electron chi connectivity index (χ4n) is 2.46. The van der Waals surface area contributed by atoms with Crippen molar-refractivity contribution in [3.05, 3.63) is 0 Å². The summed E-state index contributed by atoms with van der Waals surface area (Å²) in [6.07, 6.45) is 8.11. The number of rotatable bonds is 6. The van der Waals surface area contributed by atoms with E-state index in [-0.39, 0.29) is 0 Å². The van der Waals surface area contributed by atoms with Crippen molar-refractivity contribution >= 4 is 0 Å². The molecule has 1 aliphatic carbocycles. The van der Waals surface area contributed by atoms with Crippen molar-refractivity contribution in [2.45, 2.75) is 70.6 Å². The van der Waals surface area contributed by atoms with Crippen molar-refractivity contribution < 1.29 is 4.74 Å². The van der Waals surface area contributed by atoms with Gasteiger partial charge in [-0.05, 0) is 32.1 Å². The lowest BCUT2D eigenvalue weighted by Crippen LogP contribution is -2.43. The first-order valence-corrected chi connectivity index (χ1v) is 6.10. The molecule has 1 rings (SSSR count). The third kappa shape index (κ3) is 3.25. The van der Waals surface area contributed by atoms with Crippen molar-refractivity contribution in [2.24, 2.45) is 0 Å². The molecule has 0 aliphatic heterocycles. The smallest absolute Gasteiger partial charge is 0.0724 e. The predicted octanol–water partition coefficient (Wildman–Crippen LogP) is 2.72. The number of nitrogens with one attached hydrogen (secondary N) is 1. The Labute approximate surface area is 88.4 Å². The summed E-state index contributed by atoms with van der Waals surface area (Å²) in [6.45, 7) is 4.52. The van der Waals surface area contributed by atoms with Crippen molar-refractivity contribution in [3.8, 4) is 0 Å². The third-order valence-corrected chi connectivity index (χ3v) is 3.34. The van der Waals surface area contributed by atoms with Gasteiger partial charge in [0.1, 0.15) is 0 Å². The molecule has 1 aliphatic rings. The Kier molecular flexibility index (Phi) is 5.49. The topological polar surface area (TPSA) is 21.3 Å². The normalized spacial score (nSPS) is 29.4. The summed E-state index contributed by atoms with van der Waals surface area (Å²) in [5.41, 5.74) is 0. The molecule has 1 fully saturated rings. The second-order valence-electron chi connectivity index (χ2n) is 4.37. The molecular weight excluding hydrogens is 174 g/mol. The molecule has 3 unspecified atom stereocenters. The van der Waals surface area contributed by atoms with Crippen LogP contribution in [0.3, 0.4) is 0 Å². The number of hydrogen-bond acceptors (Lipinski definition) is 2. The monoisotopic (exact) mass is 199 g/mol. The average molecular weight is 199 g/mol. The van der Waals surface area contributed by atoms with Gasteiger partial charge in [0.25, 0.3) is 0 Å². The van der Waals surface area contributed by atoms with Crippen LogP contribution in [0.5, 0.6) is 0 Å².